The van der Waals surface area contributed by atoms with Crippen molar-refractivity contribution >= 4 is 21.8 Å². The molecule has 1 aliphatic rings. The summed E-state index contributed by atoms with van der Waals surface area (Å²) in [4.78, 5) is 24.4. The predicted octanol–water partition coefficient (Wildman–Crippen LogP) is 1.59. The second-order valence-corrected chi connectivity index (χ2v) is 9.36. The lowest BCUT2D eigenvalue weighted by atomic mass is 10.1. The molecule has 1 fully saturated rings. The fourth-order valence-electron chi connectivity index (χ4n) is 3.47. The number of nitrogens with one attached hydrogen (secondary N) is 2. The van der Waals surface area contributed by atoms with E-state index in [4.69, 9.17) is 4.74 Å². The maximum absolute atomic E-state index is 13.0. The molecule has 1 saturated heterocycles. The van der Waals surface area contributed by atoms with Crippen LogP contribution in [0.3, 0.4) is 0 Å². The van der Waals surface area contributed by atoms with Gasteiger partial charge >= 0.3 is 11.8 Å². The molecule has 2 N–H and O–H groups in total. The molecule has 31 heavy (non-hydrogen) atoms. The van der Waals surface area contributed by atoms with E-state index in [1.165, 1.54) is 23.5 Å². The highest BCUT2D eigenvalue weighted by Crippen LogP contribution is 2.26. The highest BCUT2D eigenvalue weighted by molar-refractivity contribution is 7.89. The SMILES string of the molecule is COc1ccc(S(=O)(=O)N2CCC[C@@H]2CNC(=O)C(=O)NCc2ccc(C)cc2)cc1. The van der Waals surface area contributed by atoms with Crippen molar-refractivity contribution in [3.8, 4) is 5.75 Å². The van der Waals surface area contributed by atoms with E-state index in [0.29, 0.717) is 25.1 Å². The number of benzene rings is 2. The first-order chi connectivity index (χ1) is 14.8. The molecule has 1 aliphatic heterocycles. The number of hydrogen-bond donors (Lipinski definition) is 2. The van der Waals surface area contributed by atoms with Gasteiger partial charge in [-0.15, -0.1) is 0 Å². The number of amides is 2. The van der Waals surface area contributed by atoms with Gasteiger partial charge in [0.1, 0.15) is 5.75 Å². The number of carbonyl (C=O) groups excluding carboxylic acids is 2. The van der Waals surface area contributed by atoms with Crippen molar-refractivity contribution in [3.05, 3.63) is 59.7 Å². The van der Waals surface area contributed by atoms with Crippen molar-refractivity contribution in [1.82, 2.24) is 14.9 Å². The molecule has 2 aromatic rings. The standard InChI is InChI=1S/C22H27N3O5S/c1-16-5-7-17(8-6-16)14-23-21(26)22(27)24-15-18-4-3-13-25(18)31(28,29)20-11-9-19(30-2)10-12-20/h5-12,18H,3-4,13-15H2,1-2H3,(H,23,26)(H,24,27)/t18-/m1/s1. The summed E-state index contributed by atoms with van der Waals surface area (Å²) in [6, 6.07) is 13.4. The molecular formula is C22H27N3O5S. The van der Waals surface area contributed by atoms with Gasteiger partial charge in [-0.3, -0.25) is 9.59 Å². The molecule has 1 atom stereocenters. The fraction of sp³-hybridized carbons (Fsp3) is 0.364. The lowest BCUT2D eigenvalue weighted by molar-refractivity contribution is -0.139. The van der Waals surface area contributed by atoms with Gasteiger partial charge in [0.2, 0.25) is 10.0 Å². The Bertz CT molecular complexity index is 1020. The fourth-order valence-corrected chi connectivity index (χ4v) is 5.16. The minimum atomic E-state index is -3.70. The Morgan fingerprint density at radius 3 is 2.32 bits per heavy atom. The van der Waals surface area contributed by atoms with Gasteiger partial charge in [-0.1, -0.05) is 29.8 Å². The number of nitrogens with zero attached hydrogens (tertiary/aromatic N) is 1. The second kappa shape index (κ2) is 9.93. The van der Waals surface area contributed by atoms with Gasteiger partial charge < -0.3 is 15.4 Å². The number of sulfonamides is 1. The van der Waals surface area contributed by atoms with Gasteiger partial charge in [-0.05, 0) is 49.6 Å². The van der Waals surface area contributed by atoms with Crippen LogP contribution >= 0.6 is 0 Å². The number of aryl methyl sites for hydroxylation is 1. The van der Waals surface area contributed by atoms with E-state index >= 15 is 0 Å². The minimum absolute atomic E-state index is 0.0756. The van der Waals surface area contributed by atoms with Crippen LogP contribution in [0.4, 0.5) is 0 Å². The van der Waals surface area contributed by atoms with E-state index in [1.54, 1.807) is 12.1 Å². The lowest BCUT2D eigenvalue weighted by Crippen LogP contribution is -2.46. The summed E-state index contributed by atoms with van der Waals surface area (Å²) in [5, 5.41) is 5.14. The van der Waals surface area contributed by atoms with Crippen molar-refractivity contribution < 1.29 is 22.7 Å². The average molecular weight is 446 g/mol. The molecule has 9 heteroatoms. The van der Waals surface area contributed by atoms with Crippen LogP contribution in [0.2, 0.25) is 0 Å². The Hall–Kier alpha value is -2.91. The van der Waals surface area contributed by atoms with Gasteiger partial charge in [0, 0.05) is 25.7 Å². The van der Waals surface area contributed by atoms with E-state index in [0.717, 1.165) is 11.1 Å². The Labute approximate surface area is 182 Å². The van der Waals surface area contributed by atoms with Crippen LogP contribution in [0.15, 0.2) is 53.4 Å². The van der Waals surface area contributed by atoms with Crippen molar-refractivity contribution in [2.24, 2.45) is 0 Å². The summed E-state index contributed by atoms with van der Waals surface area (Å²) >= 11 is 0. The van der Waals surface area contributed by atoms with E-state index in [2.05, 4.69) is 10.6 Å². The zero-order valence-corrected chi connectivity index (χ0v) is 18.4. The van der Waals surface area contributed by atoms with Crippen molar-refractivity contribution in [2.45, 2.75) is 37.2 Å². The molecule has 0 aromatic heterocycles. The normalized spacial score (nSPS) is 16.6. The molecule has 0 aliphatic carbocycles. The van der Waals surface area contributed by atoms with E-state index in [1.807, 2.05) is 31.2 Å². The average Bonchev–Trinajstić information content (AvgIpc) is 3.26. The van der Waals surface area contributed by atoms with E-state index in [9.17, 15) is 18.0 Å². The number of hydrogen-bond acceptors (Lipinski definition) is 5. The zero-order valence-electron chi connectivity index (χ0n) is 17.6. The lowest BCUT2D eigenvalue weighted by Gasteiger charge is -2.24. The maximum atomic E-state index is 13.0. The summed E-state index contributed by atoms with van der Waals surface area (Å²) in [7, 11) is -2.19. The molecule has 0 unspecified atom stereocenters. The van der Waals surface area contributed by atoms with Crippen LogP contribution in [0.5, 0.6) is 5.75 Å². The number of methoxy groups -OCH3 is 1. The highest BCUT2D eigenvalue weighted by atomic mass is 32.2. The number of rotatable bonds is 7. The largest absolute Gasteiger partial charge is 0.497 e. The van der Waals surface area contributed by atoms with Crippen molar-refractivity contribution in [3.63, 3.8) is 0 Å². The van der Waals surface area contributed by atoms with Gasteiger partial charge in [0.25, 0.3) is 0 Å². The van der Waals surface area contributed by atoms with Crippen LogP contribution in [0, 0.1) is 6.92 Å². The third-order valence-electron chi connectivity index (χ3n) is 5.27. The van der Waals surface area contributed by atoms with Crippen LogP contribution in [-0.2, 0) is 26.2 Å². The molecule has 0 spiro atoms. The number of ether oxygens (including phenoxy) is 1. The smallest absolute Gasteiger partial charge is 0.309 e. The second-order valence-electron chi connectivity index (χ2n) is 7.47. The molecule has 2 amide bonds. The maximum Gasteiger partial charge on any atom is 0.309 e. The Morgan fingerprint density at radius 1 is 1.03 bits per heavy atom. The van der Waals surface area contributed by atoms with Crippen molar-refractivity contribution in [2.75, 3.05) is 20.2 Å². The molecule has 0 bridgehead atoms. The predicted molar refractivity (Wildman–Crippen MR) is 116 cm³/mol. The summed E-state index contributed by atoms with van der Waals surface area (Å²) in [6.45, 7) is 2.66. The first-order valence-electron chi connectivity index (χ1n) is 10.1. The van der Waals surface area contributed by atoms with Crippen LogP contribution < -0.4 is 15.4 Å². The summed E-state index contributed by atoms with van der Waals surface area (Å²) < 4.78 is 32.5. The molecule has 166 valence electrons. The quantitative estimate of drug-likeness (QED) is 0.630. The number of carbonyl (C=O) groups is 2. The summed E-state index contributed by atoms with van der Waals surface area (Å²) in [6.07, 6.45) is 1.30. The van der Waals surface area contributed by atoms with E-state index in [-0.39, 0.29) is 18.0 Å². The van der Waals surface area contributed by atoms with Crippen molar-refractivity contribution in [1.29, 1.82) is 0 Å². The Balaban J connectivity index is 1.55. The van der Waals surface area contributed by atoms with Gasteiger partial charge in [0.05, 0.1) is 12.0 Å². The molecule has 1 heterocycles. The van der Waals surface area contributed by atoms with Gasteiger partial charge in [0.15, 0.2) is 0 Å². The molecular weight excluding hydrogens is 418 g/mol. The van der Waals surface area contributed by atoms with E-state index < -0.39 is 27.9 Å². The van der Waals surface area contributed by atoms with Gasteiger partial charge in [-0.25, -0.2) is 8.42 Å². The third kappa shape index (κ3) is 5.62. The first-order valence-corrected chi connectivity index (χ1v) is 11.5. The third-order valence-corrected chi connectivity index (χ3v) is 7.23. The summed E-state index contributed by atoms with van der Waals surface area (Å²) in [5.41, 5.74) is 2.00. The zero-order chi connectivity index (χ0) is 22.4. The van der Waals surface area contributed by atoms with Crippen LogP contribution in [0.1, 0.15) is 24.0 Å². The van der Waals surface area contributed by atoms with Gasteiger partial charge in [-0.2, -0.15) is 4.31 Å². The molecule has 0 radical (unpaired) electrons. The molecule has 2 aromatic carbocycles. The van der Waals surface area contributed by atoms with Crippen LogP contribution in [-0.4, -0.2) is 50.8 Å². The molecule has 3 rings (SSSR count). The topological polar surface area (TPSA) is 105 Å². The first kappa shape index (κ1) is 22.8. The van der Waals surface area contributed by atoms with Crippen LogP contribution in [0.25, 0.3) is 0 Å². The molecule has 0 saturated carbocycles. The minimum Gasteiger partial charge on any atom is -0.497 e. The Morgan fingerprint density at radius 2 is 1.68 bits per heavy atom. The summed E-state index contributed by atoms with van der Waals surface area (Å²) in [5.74, 6) is -0.954. The Kier molecular flexibility index (Phi) is 7.29. The molecule has 8 nitrogen and oxygen atoms in total. The highest BCUT2D eigenvalue weighted by Gasteiger charge is 2.35. The monoisotopic (exact) mass is 445 g/mol.